The van der Waals surface area contributed by atoms with Crippen molar-refractivity contribution in [3.05, 3.63) is 53.0 Å². The van der Waals surface area contributed by atoms with E-state index in [2.05, 4.69) is 21.0 Å². The van der Waals surface area contributed by atoms with Crippen LogP contribution in [-0.4, -0.2) is 26.1 Å². The topological polar surface area (TPSA) is 46.3 Å². The van der Waals surface area contributed by atoms with Gasteiger partial charge in [-0.3, -0.25) is 0 Å². The molecule has 5 nitrogen and oxygen atoms in total. The second kappa shape index (κ2) is 6.67. The van der Waals surface area contributed by atoms with Crippen molar-refractivity contribution in [1.29, 1.82) is 0 Å². The lowest BCUT2D eigenvalue weighted by molar-refractivity contribution is -0.144. The fraction of sp³-hybridized carbons (Fsp3) is 0.278. The number of anilines is 1. The minimum absolute atomic E-state index is 0.113. The molecule has 0 aliphatic heterocycles. The van der Waals surface area contributed by atoms with E-state index in [0.717, 1.165) is 15.6 Å². The SMILES string of the molecule is C#CCN(Cc1ccc(C)cc1)c1cc(C)nc2nc(C(F)(F)F)nn12. The number of aromatic nitrogens is 4. The van der Waals surface area contributed by atoms with E-state index in [1.165, 1.54) is 0 Å². The van der Waals surface area contributed by atoms with Gasteiger partial charge in [-0.25, -0.2) is 4.98 Å². The standard InChI is InChI=1S/C18H16F3N5/c1-4-9-25(11-14-7-5-12(2)6-8-14)15-10-13(3)22-17-23-16(18(19,20)21)24-26(15)17/h1,5-8,10H,9,11H2,2-3H3. The average molecular weight is 359 g/mol. The molecule has 1 aromatic carbocycles. The molecule has 0 saturated carbocycles. The van der Waals surface area contributed by atoms with Crippen molar-refractivity contribution in [2.75, 3.05) is 11.4 Å². The first kappa shape index (κ1) is 17.7. The zero-order chi connectivity index (χ0) is 18.9. The van der Waals surface area contributed by atoms with E-state index in [1.807, 2.05) is 31.2 Å². The fourth-order valence-corrected chi connectivity index (χ4v) is 2.56. The van der Waals surface area contributed by atoms with E-state index < -0.39 is 12.0 Å². The molecule has 0 saturated heterocycles. The highest BCUT2D eigenvalue weighted by atomic mass is 19.4. The van der Waals surface area contributed by atoms with Crippen LogP contribution in [0, 0.1) is 26.2 Å². The number of benzene rings is 1. The van der Waals surface area contributed by atoms with E-state index in [-0.39, 0.29) is 12.3 Å². The number of hydrogen-bond acceptors (Lipinski definition) is 4. The molecule has 26 heavy (non-hydrogen) atoms. The number of rotatable bonds is 4. The van der Waals surface area contributed by atoms with E-state index in [9.17, 15) is 13.2 Å². The molecule has 0 fully saturated rings. The van der Waals surface area contributed by atoms with Crippen molar-refractivity contribution < 1.29 is 13.2 Å². The third-order valence-corrected chi connectivity index (χ3v) is 3.78. The Morgan fingerprint density at radius 1 is 1.15 bits per heavy atom. The predicted octanol–water partition coefficient (Wildman–Crippen LogP) is 3.40. The molecule has 0 amide bonds. The van der Waals surface area contributed by atoms with Gasteiger partial charge in [-0.1, -0.05) is 35.7 Å². The number of hydrogen-bond donors (Lipinski definition) is 0. The van der Waals surface area contributed by atoms with Crippen LogP contribution in [0.1, 0.15) is 22.6 Å². The van der Waals surface area contributed by atoms with Gasteiger partial charge in [-0.2, -0.15) is 22.7 Å². The third kappa shape index (κ3) is 3.61. The van der Waals surface area contributed by atoms with E-state index in [1.54, 1.807) is 17.9 Å². The first-order chi connectivity index (χ1) is 12.3. The molecular formula is C18H16F3N5. The molecule has 2 heterocycles. The van der Waals surface area contributed by atoms with Gasteiger partial charge in [-0.15, -0.1) is 11.5 Å². The zero-order valence-corrected chi connectivity index (χ0v) is 14.2. The lowest BCUT2D eigenvalue weighted by Gasteiger charge is -2.23. The Balaban J connectivity index is 2.08. The summed E-state index contributed by atoms with van der Waals surface area (Å²) in [4.78, 5) is 9.31. The largest absolute Gasteiger partial charge is 0.453 e. The monoisotopic (exact) mass is 359 g/mol. The molecule has 0 atom stereocenters. The fourth-order valence-electron chi connectivity index (χ4n) is 2.56. The second-order valence-electron chi connectivity index (χ2n) is 5.95. The quantitative estimate of drug-likeness (QED) is 0.670. The molecule has 0 spiro atoms. The Morgan fingerprint density at radius 3 is 2.46 bits per heavy atom. The minimum Gasteiger partial charge on any atom is -0.341 e. The molecule has 134 valence electrons. The van der Waals surface area contributed by atoms with Crippen molar-refractivity contribution >= 4 is 11.6 Å². The van der Waals surface area contributed by atoms with E-state index in [4.69, 9.17) is 6.42 Å². The van der Waals surface area contributed by atoms with Gasteiger partial charge in [0.05, 0.1) is 6.54 Å². The third-order valence-electron chi connectivity index (χ3n) is 3.78. The Labute approximate surface area is 148 Å². The van der Waals surface area contributed by atoms with Crippen LogP contribution in [-0.2, 0) is 12.7 Å². The van der Waals surface area contributed by atoms with Crippen LogP contribution in [0.15, 0.2) is 30.3 Å². The smallest absolute Gasteiger partial charge is 0.341 e. The first-order valence-electron chi connectivity index (χ1n) is 7.83. The Kier molecular flexibility index (Phi) is 4.55. The van der Waals surface area contributed by atoms with Crippen LogP contribution in [0.5, 0.6) is 0 Å². The summed E-state index contributed by atoms with van der Waals surface area (Å²) < 4.78 is 40.0. The highest BCUT2D eigenvalue weighted by Gasteiger charge is 2.37. The zero-order valence-electron chi connectivity index (χ0n) is 14.2. The molecule has 8 heteroatoms. The van der Waals surface area contributed by atoms with Crippen molar-refractivity contribution in [1.82, 2.24) is 19.6 Å². The number of halogens is 3. The molecular weight excluding hydrogens is 343 g/mol. The van der Waals surface area contributed by atoms with Crippen LogP contribution in [0.3, 0.4) is 0 Å². The number of nitrogens with zero attached hydrogens (tertiary/aromatic N) is 5. The molecule has 3 aromatic rings. The maximum Gasteiger partial charge on any atom is 0.453 e. The van der Waals surface area contributed by atoms with Crippen molar-refractivity contribution in [2.45, 2.75) is 26.6 Å². The lowest BCUT2D eigenvalue weighted by Crippen LogP contribution is -2.26. The van der Waals surface area contributed by atoms with Crippen LogP contribution < -0.4 is 4.90 Å². The molecule has 3 rings (SSSR count). The van der Waals surface area contributed by atoms with Crippen molar-refractivity contribution in [3.63, 3.8) is 0 Å². The number of terminal acetylenes is 1. The van der Waals surface area contributed by atoms with Crippen LogP contribution >= 0.6 is 0 Å². The summed E-state index contributed by atoms with van der Waals surface area (Å²) in [6.07, 6.45) is 0.822. The highest BCUT2D eigenvalue weighted by molar-refractivity contribution is 5.49. The first-order valence-corrected chi connectivity index (χ1v) is 7.83. The maximum atomic E-state index is 13.0. The summed E-state index contributed by atoms with van der Waals surface area (Å²) >= 11 is 0. The normalized spacial score (nSPS) is 11.5. The van der Waals surface area contributed by atoms with Crippen molar-refractivity contribution in [2.24, 2.45) is 0 Å². The van der Waals surface area contributed by atoms with Gasteiger partial charge >= 0.3 is 6.18 Å². The van der Waals surface area contributed by atoms with Crippen LogP contribution in [0.2, 0.25) is 0 Å². The van der Waals surface area contributed by atoms with Gasteiger partial charge in [-0.05, 0) is 19.4 Å². The van der Waals surface area contributed by atoms with Crippen molar-refractivity contribution in [3.8, 4) is 12.3 Å². The molecule has 0 unspecified atom stereocenters. The predicted molar refractivity (Wildman–Crippen MR) is 91.6 cm³/mol. The molecule has 0 aliphatic rings. The average Bonchev–Trinajstić information content (AvgIpc) is 3.00. The lowest BCUT2D eigenvalue weighted by atomic mass is 10.1. The van der Waals surface area contributed by atoms with Gasteiger partial charge in [0.2, 0.25) is 0 Å². The Hall–Kier alpha value is -3.08. The minimum atomic E-state index is -4.65. The molecule has 0 radical (unpaired) electrons. The molecule has 0 N–H and O–H groups in total. The van der Waals surface area contributed by atoms with E-state index >= 15 is 0 Å². The summed E-state index contributed by atoms with van der Waals surface area (Å²) in [5.41, 5.74) is 2.62. The summed E-state index contributed by atoms with van der Waals surface area (Å²) in [7, 11) is 0. The van der Waals surface area contributed by atoms with Gasteiger partial charge in [0.25, 0.3) is 11.6 Å². The number of fused-ring (bicyclic) bond motifs is 1. The molecule has 0 bridgehead atoms. The Morgan fingerprint density at radius 2 is 1.85 bits per heavy atom. The van der Waals surface area contributed by atoms with Gasteiger partial charge < -0.3 is 4.90 Å². The Bertz CT molecular complexity index is 967. The summed E-state index contributed by atoms with van der Waals surface area (Å²) in [5, 5.41) is 3.59. The second-order valence-corrected chi connectivity index (χ2v) is 5.95. The van der Waals surface area contributed by atoms with Gasteiger partial charge in [0.15, 0.2) is 0 Å². The van der Waals surface area contributed by atoms with Crippen LogP contribution in [0.4, 0.5) is 19.0 Å². The molecule has 2 aromatic heterocycles. The summed E-state index contributed by atoms with van der Waals surface area (Å²) in [5.74, 6) is 1.61. The van der Waals surface area contributed by atoms with E-state index in [0.29, 0.717) is 18.1 Å². The summed E-state index contributed by atoms with van der Waals surface area (Å²) in [6.45, 7) is 4.29. The molecule has 0 aliphatic carbocycles. The maximum absolute atomic E-state index is 13.0. The number of alkyl halides is 3. The van der Waals surface area contributed by atoms with Crippen LogP contribution in [0.25, 0.3) is 5.78 Å². The highest BCUT2D eigenvalue weighted by Crippen LogP contribution is 2.28. The van der Waals surface area contributed by atoms with Gasteiger partial charge in [0, 0.05) is 18.3 Å². The number of aryl methyl sites for hydroxylation is 2. The van der Waals surface area contributed by atoms with Gasteiger partial charge in [0.1, 0.15) is 5.82 Å². The summed E-state index contributed by atoms with van der Waals surface area (Å²) in [6, 6.07) is 9.48.